The van der Waals surface area contributed by atoms with Gasteiger partial charge in [0.25, 0.3) is 0 Å². The van der Waals surface area contributed by atoms with E-state index in [0.29, 0.717) is 70.8 Å². The molecule has 0 N–H and O–H groups in total. The van der Waals surface area contributed by atoms with E-state index in [0.717, 1.165) is 31.8 Å². The average molecular weight is 685 g/mol. The lowest BCUT2D eigenvalue weighted by molar-refractivity contribution is -0.133. The van der Waals surface area contributed by atoms with Crippen molar-refractivity contribution in [2.75, 3.05) is 39.5 Å². The van der Waals surface area contributed by atoms with Gasteiger partial charge < -0.3 is 14.2 Å². The van der Waals surface area contributed by atoms with Crippen LogP contribution >= 0.6 is 15.9 Å². The molecular weight excluding hydrogens is 655 g/mol. The van der Waals surface area contributed by atoms with Crippen molar-refractivity contribution in [3.05, 3.63) is 87.9 Å². The Morgan fingerprint density at radius 1 is 0.889 bits per heavy atom. The summed E-state index contributed by atoms with van der Waals surface area (Å²) in [6.45, 7) is 4.30. The van der Waals surface area contributed by atoms with E-state index in [4.69, 9.17) is 14.2 Å². The molecule has 3 heterocycles. The molecule has 1 saturated carbocycles. The lowest BCUT2D eigenvalue weighted by Crippen LogP contribution is -2.38. The van der Waals surface area contributed by atoms with Gasteiger partial charge in [-0.15, -0.1) is 0 Å². The summed E-state index contributed by atoms with van der Waals surface area (Å²) >= 11 is 3.53. The zero-order chi connectivity index (χ0) is 31.6. The number of carbonyl (C=O) groups excluding carboxylic acids is 2. The monoisotopic (exact) mass is 683 g/mol. The molecule has 1 aliphatic carbocycles. The van der Waals surface area contributed by atoms with Crippen molar-refractivity contribution < 1.29 is 37.0 Å². The van der Waals surface area contributed by atoms with Gasteiger partial charge in [-0.1, -0.05) is 12.1 Å². The van der Waals surface area contributed by atoms with E-state index in [-0.39, 0.29) is 30.2 Å². The molecule has 0 atom stereocenters. The van der Waals surface area contributed by atoms with E-state index in [1.807, 2.05) is 0 Å². The van der Waals surface area contributed by atoms with Gasteiger partial charge in [0, 0.05) is 44.9 Å². The summed E-state index contributed by atoms with van der Waals surface area (Å²) in [7, 11) is 0. The lowest BCUT2D eigenvalue weighted by atomic mass is 9.88. The topological polar surface area (TPSA) is 90.9 Å². The number of fused-ring (bicyclic) bond motifs is 1. The van der Waals surface area contributed by atoms with Crippen LogP contribution in [0, 0.1) is 22.9 Å². The number of halogens is 4. The molecule has 4 aromatic rings. The van der Waals surface area contributed by atoms with E-state index in [1.54, 1.807) is 18.3 Å². The Hall–Kier alpha value is -3.87. The van der Waals surface area contributed by atoms with E-state index < -0.39 is 22.9 Å². The van der Waals surface area contributed by atoms with Crippen molar-refractivity contribution in [1.29, 1.82) is 0 Å². The van der Waals surface area contributed by atoms with Crippen molar-refractivity contribution in [3.8, 4) is 17.4 Å². The quantitative estimate of drug-likeness (QED) is 0.168. The van der Waals surface area contributed by atoms with Crippen molar-refractivity contribution in [3.63, 3.8) is 0 Å². The first-order valence-corrected chi connectivity index (χ1v) is 15.4. The fraction of sp³-hybridized carbons (Fsp3) is 0.333. The third-order valence-corrected chi connectivity index (χ3v) is 8.87. The third-order valence-electron chi connectivity index (χ3n) is 8.15. The molecule has 0 spiro atoms. The van der Waals surface area contributed by atoms with Crippen molar-refractivity contribution in [2.24, 2.45) is 5.41 Å². The fourth-order valence-corrected chi connectivity index (χ4v) is 5.91. The lowest BCUT2D eigenvalue weighted by Gasteiger charge is -2.26. The normalized spacial score (nSPS) is 16.0. The van der Waals surface area contributed by atoms with E-state index in [1.165, 1.54) is 24.4 Å². The number of hydrogen-bond acceptors (Lipinski definition) is 8. The molecule has 0 bridgehead atoms. The van der Waals surface area contributed by atoms with Crippen molar-refractivity contribution in [1.82, 2.24) is 14.9 Å². The Balaban J connectivity index is 1.10. The van der Waals surface area contributed by atoms with Gasteiger partial charge >= 0.3 is 0 Å². The average Bonchev–Trinajstić information content (AvgIpc) is 3.85. The molecule has 0 radical (unpaired) electrons. The minimum absolute atomic E-state index is 0.0591. The minimum Gasteiger partial charge on any atom is -0.475 e. The molecular formula is C33H29BrF3N3O5. The van der Waals surface area contributed by atoms with Gasteiger partial charge in [0.2, 0.25) is 5.88 Å². The zero-order valence-electron chi connectivity index (χ0n) is 24.2. The van der Waals surface area contributed by atoms with Gasteiger partial charge in [0.15, 0.2) is 34.8 Å². The Bertz CT molecular complexity index is 1760. The maximum Gasteiger partial charge on any atom is 0.230 e. The highest BCUT2D eigenvalue weighted by molar-refractivity contribution is 9.10. The van der Waals surface area contributed by atoms with Crippen LogP contribution in [0.25, 0.3) is 10.9 Å². The van der Waals surface area contributed by atoms with Crippen LogP contribution in [0.15, 0.2) is 59.3 Å². The largest absolute Gasteiger partial charge is 0.475 e. The van der Waals surface area contributed by atoms with Crippen molar-refractivity contribution in [2.45, 2.75) is 25.7 Å². The number of ether oxygens (including phenoxy) is 3. The van der Waals surface area contributed by atoms with E-state index in [9.17, 15) is 18.4 Å². The fourth-order valence-electron chi connectivity index (χ4n) is 5.37. The van der Waals surface area contributed by atoms with Gasteiger partial charge in [0.05, 0.1) is 29.5 Å². The smallest absolute Gasteiger partial charge is 0.230 e. The molecule has 2 aliphatic rings. The number of ketones is 2. The summed E-state index contributed by atoms with van der Waals surface area (Å²) in [5, 5.41) is 0.541. The first-order chi connectivity index (χ1) is 21.7. The molecule has 6 rings (SSSR count). The molecule has 1 aliphatic heterocycles. The Labute approximate surface area is 265 Å². The van der Waals surface area contributed by atoms with Crippen LogP contribution < -0.4 is 9.47 Å². The van der Waals surface area contributed by atoms with Crippen LogP contribution in [-0.4, -0.2) is 65.9 Å². The van der Waals surface area contributed by atoms with Crippen molar-refractivity contribution >= 4 is 38.4 Å². The third kappa shape index (κ3) is 6.87. The highest BCUT2D eigenvalue weighted by Crippen LogP contribution is 2.49. The van der Waals surface area contributed by atoms with Crippen LogP contribution in [0.5, 0.6) is 17.4 Å². The van der Waals surface area contributed by atoms with E-state index in [2.05, 4.69) is 30.8 Å². The van der Waals surface area contributed by atoms with Crippen LogP contribution in [0.4, 0.5) is 13.2 Å². The summed E-state index contributed by atoms with van der Waals surface area (Å²) in [5.74, 6) is -2.76. The number of benzene rings is 2. The summed E-state index contributed by atoms with van der Waals surface area (Å²) in [4.78, 5) is 37.2. The van der Waals surface area contributed by atoms with Crippen LogP contribution in [-0.2, 0) is 27.2 Å². The molecule has 8 nitrogen and oxygen atoms in total. The molecule has 45 heavy (non-hydrogen) atoms. The minimum atomic E-state index is -1.18. The summed E-state index contributed by atoms with van der Waals surface area (Å²) < 4.78 is 59.8. The summed E-state index contributed by atoms with van der Waals surface area (Å²) in [6, 6.07) is 9.05. The van der Waals surface area contributed by atoms with Gasteiger partial charge in [-0.25, -0.2) is 18.2 Å². The van der Waals surface area contributed by atoms with Gasteiger partial charge in [-0.2, -0.15) is 0 Å². The number of Topliss-reactive ketones (excluding diaryl/α,β-unsaturated/α-hetero) is 2. The molecule has 2 aromatic carbocycles. The molecule has 234 valence electrons. The van der Waals surface area contributed by atoms with Gasteiger partial charge in [-0.05, 0) is 70.2 Å². The Morgan fingerprint density at radius 3 is 2.24 bits per heavy atom. The molecule has 12 heteroatoms. The maximum absolute atomic E-state index is 15.2. The van der Waals surface area contributed by atoms with E-state index >= 15 is 4.39 Å². The van der Waals surface area contributed by atoms with Gasteiger partial charge in [0.1, 0.15) is 16.8 Å². The second kappa shape index (κ2) is 13.2. The summed E-state index contributed by atoms with van der Waals surface area (Å²) in [6.07, 6.45) is 3.51. The highest BCUT2D eigenvalue weighted by Gasteiger charge is 2.54. The Morgan fingerprint density at radius 2 is 1.58 bits per heavy atom. The second-order valence-corrected chi connectivity index (χ2v) is 11.9. The second-order valence-electron chi connectivity index (χ2n) is 11.1. The number of hydrogen-bond donors (Lipinski definition) is 0. The number of aromatic nitrogens is 2. The Kier molecular flexibility index (Phi) is 9.16. The SMILES string of the molecule is O=C(Cc1ccc(F)c(F)c1)C1(C(=O)Cc2ccc(Oc3ccnc4c(Br)c(OCCN5CCOCC5)ncc34)c(F)c2)CC1. The van der Waals surface area contributed by atoms with Gasteiger partial charge in [-0.3, -0.25) is 19.5 Å². The van der Waals surface area contributed by atoms with Crippen LogP contribution in [0.3, 0.4) is 0 Å². The number of nitrogens with zero attached hydrogens (tertiary/aromatic N) is 3. The van der Waals surface area contributed by atoms with Crippen LogP contribution in [0.1, 0.15) is 24.0 Å². The molecule has 1 saturated heterocycles. The molecule has 0 unspecified atom stereocenters. The number of morpholine rings is 1. The molecule has 2 fully saturated rings. The standard InChI is InChI=1S/C33H29BrF3N3O5/c34-30-31-22(19-39-32(30)44-14-11-40-9-12-43-13-10-40)26(5-8-38-31)45-27-4-2-21(16-25(27)37)18-29(42)33(6-7-33)28(41)17-20-1-3-23(35)24(36)15-20/h1-5,8,15-16,19H,6-7,9-14,17-18H2. The number of carbonyl (C=O) groups is 2. The first kappa shape index (κ1) is 31.1. The van der Waals surface area contributed by atoms with Crippen LogP contribution in [0.2, 0.25) is 0 Å². The zero-order valence-corrected chi connectivity index (χ0v) is 25.7. The molecule has 0 amide bonds. The first-order valence-electron chi connectivity index (χ1n) is 14.6. The predicted molar refractivity (Wildman–Crippen MR) is 162 cm³/mol. The summed E-state index contributed by atoms with van der Waals surface area (Å²) in [5.41, 5.74) is 0.0376. The molecule has 2 aromatic heterocycles. The highest BCUT2D eigenvalue weighted by atomic mass is 79.9. The number of pyridine rings is 2. The number of rotatable bonds is 12. The maximum atomic E-state index is 15.2. The predicted octanol–water partition coefficient (Wildman–Crippen LogP) is 6.02.